The maximum atomic E-state index is 10.9. The third-order valence-corrected chi connectivity index (χ3v) is 4.64. The molecule has 0 spiro atoms. The van der Waals surface area contributed by atoms with Gasteiger partial charge in [-0.2, -0.15) is 0 Å². The number of nitrogens with zero attached hydrogens (tertiary/aromatic N) is 4. The van der Waals surface area contributed by atoms with Crippen molar-refractivity contribution in [2.45, 2.75) is 31.5 Å². The summed E-state index contributed by atoms with van der Waals surface area (Å²) in [5.74, 6) is 0.225. The van der Waals surface area contributed by atoms with Gasteiger partial charge in [0, 0.05) is 20.0 Å². The molecule has 160 valence electrons. The molecule has 16 heteroatoms. The number of phosphoric acid groups is 1. The van der Waals surface area contributed by atoms with Gasteiger partial charge in [-0.3, -0.25) is 13.9 Å². The fourth-order valence-electron chi connectivity index (χ4n) is 2.85. The molecule has 1 fully saturated rings. The van der Waals surface area contributed by atoms with Gasteiger partial charge in [0.2, 0.25) is 5.91 Å². The van der Waals surface area contributed by atoms with Crippen LogP contribution in [0.2, 0.25) is 0 Å². The number of amides is 1. The molecule has 5 atom stereocenters. The van der Waals surface area contributed by atoms with Gasteiger partial charge in [0.05, 0.1) is 12.9 Å². The van der Waals surface area contributed by atoms with E-state index in [9.17, 15) is 24.5 Å². The summed E-state index contributed by atoms with van der Waals surface area (Å²) in [6, 6.07) is 0. The summed E-state index contributed by atoms with van der Waals surface area (Å²) in [6.07, 6.45) is -2.65. The fraction of sp³-hybridized carbons (Fsp3) is 0.571. The first kappa shape index (κ1) is 25.1. The van der Waals surface area contributed by atoms with Crippen LogP contribution in [0, 0.1) is 0 Å². The molecule has 3 heterocycles. The quantitative estimate of drug-likeness (QED) is 0.144. The Bertz CT molecular complexity index is 925. The third-order valence-electron chi connectivity index (χ3n) is 4.16. The van der Waals surface area contributed by atoms with Gasteiger partial charge in [-0.15, -0.1) is 0 Å². The van der Waals surface area contributed by atoms with Gasteiger partial charge in [-0.25, -0.2) is 15.0 Å². The number of hydrogen-bond acceptors (Lipinski definition) is 11. The molecule has 5 N–H and O–H groups in total. The van der Waals surface area contributed by atoms with Gasteiger partial charge in [-0.1, -0.05) is 0 Å². The van der Waals surface area contributed by atoms with Crippen molar-refractivity contribution >= 4 is 30.7 Å². The molecule has 0 aliphatic carbocycles. The maximum absolute atomic E-state index is 10.9. The minimum Gasteiger partial charge on any atom is -0.756 e. The van der Waals surface area contributed by atoms with Crippen molar-refractivity contribution in [2.75, 3.05) is 25.0 Å². The van der Waals surface area contributed by atoms with Gasteiger partial charge in [0.15, 0.2) is 23.2 Å². The normalized spacial score (nSPS) is 25.5. The fourth-order valence-corrected chi connectivity index (χ4v) is 3.19. The van der Waals surface area contributed by atoms with Crippen molar-refractivity contribution in [1.82, 2.24) is 24.8 Å². The van der Waals surface area contributed by atoms with Crippen LogP contribution in [0.5, 0.6) is 0 Å². The van der Waals surface area contributed by atoms with Gasteiger partial charge >= 0.3 is 29.6 Å². The average molecular weight is 454 g/mol. The van der Waals surface area contributed by atoms with Crippen LogP contribution in [0.1, 0.15) is 13.2 Å². The molecule has 1 aliphatic heterocycles. The van der Waals surface area contributed by atoms with E-state index in [4.69, 9.17) is 9.63 Å². The van der Waals surface area contributed by atoms with E-state index in [0.717, 1.165) is 0 Å². The van der Waals surface area contributed by atoms with Gasteiger partial charge in [0.25, 0.3) is 7.82 Å². The number of aromatic nitrogens is 4. The van der Waals surface area contributed by atoms with Crippen LogP contribution in [0.3, 0.4) is 0 Å². The molecule has 0 aromatic carbocycles. The zero-order valence-corrected chi connectivity index (χ0v) is 19.1. The Morgan fingerprint density at radius 1 is 1.33 bits per heavy atom. The molecule has 0 saturated carbocycles. The number of carbonyl (C=O) groups excluding carboxylic acids is 1. The number of carbonyl (C=O) groups is 1. The Kier molecular flexibility index (Phi) is 8.70. The van der Waals surface area contributed by atoms with Crippen LogP contribution in [-0.4, -0.2) is 78.5 Å². The smallest absolute Gasteiger partial charge is 0.756 e. The Balaban J connectivity index is 0.00000320. The van der Waals surface area contributed by atoms with E-state index in [-0.39, 0.29) is 41.1 Å². The van der Waals surface area contributed by atoms with Crippen LogP contribution >= 0.6 is 7.82 Å². The molecule has 2 unspecified atom stereocenters. The SMILES string of the molecule is CC(=O)NCCNc1ncnc2c1ncn2C1O[C@H](COP(=O)([O-])O)[C@@H](O)[C@H]1O.[Na+]. The van der Waals surface area contributed by atoms with Gasteiger partial charge < -0.3 is 39.9 Å². The van der Waals surface area contributed by atoms with Crippen LogP contribution in [-0.2, 0) is 18.6 Å². The number of ether oxygens (including phenoxy) is 1. The summed E-state index contributed by atoms with van der Waals surface area (Å²) in [5.41, 5.74) is 0.649. The predicted molar refractivity (Wildman–Crippen MR) is 94.2 cm³/mol. The Morgan fingerprint density at radius 2 is 2.07 bits per heavy atom. The minimum absolute atomic E-state index is 0. The molecule has 3 rings (SSSR count). The zero-order chi connectivity index (χ0) is 21.2. The molecule has 0 bridgehead atoms. The van der Waals surface area contributed by atoms with E-state index >= 15 is 0 Å². The largest absolute Gasteiger partial charge is 1.00 e. The molecular weight excluding hydrogens is 434 g/mol. The van der Waals surface area contributed by atoms with E-state index in [2.05, 4.69) is 30.1 Å². The van der Waals surface area contributed by atoms with E-state index in [0.29, 0.717) is 24.4 Å². The molecule has 1 amide bonds. The van der Waals surface area contributed by atoms with Crippen molar-refractivity contribution in [2.24, 2.45) is 0 Å². The van der Waals surface area contributed by atoms with E-state index < -0.39 is 39.0 Å². The number of aliphatic hydroxyl groups excluding tert-OH is 2. The second-order valence-corrected chi connectivity index (χ2v) is 7.46. The molecular formula is C14H20N6NaO8P. The first-order chi connectivity index (χ1) is 13.7. The monoisotopic (exact) mass is 454 g/mol. The first-order valence-corrected chi connectivity index (χ1v) is 10.0. The maximum Gasteiger partial charge on any atom is 1.00 e. The molecule has 1 saturated heterocycles. The Labute approximate surface area is 192 Å². The molecule has 2 aromatic rings. The van der Waals surface area contributed by atoms with Crippen molar-refractivity contribution in [3.8, 4) is 0 Å². The van der Waals surface area contributed by atoms with Crippen molar-refractivity contribution in [3.63, 3.8) is 0 Å². The Morgan fingerprint density at radius 3 is 2.73 bits per heavy atom. The third kappa shape index (κ3) is 5.95. The number of fused-ring (bicyclic) bond motifs is 1. The number of imidazole rings is 1. The summed E-state index contributed by atoms with van der Waals surface area (Å²) >= 11 is 0. The van der Waals surface area contributed by atoms with Gasteiger partial charge in [-0.05, 0) is 0 Å². The summed E-state index contributed by atoms with van der Waals surface area (Å²) in [4.78, 5) is 42.7. The number of rotatable bonds is 8. The van der Waals surface area contributed by atoms with E-state index in [1.54, 1.807) is 0 Å². The van der Waals surface area contributed by atoms with Crippen molar-refractivity contribution in [3.05, 3.63) is 12.7 Å². The van der Waals surface area contributed by atoms with E-state index in [1.165, 1.54) is 24.1 Å². The number of aliphatic hydroxyl groups is 2. The second-order valence-electron chi connectivity index (χ2n) is 6.27. The standard InChI is InChI=1S/C14H21N6O8P.Na/c1-7(21)15-2-3-16-12-9-13(18-5-17-12)20(6-19-9)14-11(23)10(22)8(28-14)4-27-29(24,25)26;/h5-6,8,10-11,14,22-23H,2-4H2,1H3,(H,15,21)(H,16,17,18)(H2,24,25,26);/q;+1/p-1/t8-,10-,11-,14?;/m1./s1. The Hall–Kier alpha value is -1.19. The van der Waals surface area contributed by atoms with Crippen molar-refractivity contribution in [1.29, 1.82) is 0 Å². The van der Waals surface area contributed by atoms with Crippen molar-refractivity contribution < 1.29 is 68.2 Å². The van der Waals surface area contributed by atoms with Crippen LogP contribution < -0.4 is 45.1 Å². The zero-order valence-electron chi connectivity index (χ0n) is 16.2. The summed E-state index contributed by atoms with van der Waals surface area (Å²) < 4.78 is 21.8. The average Bonchev–Trinajstić information content (AvgIpc) is 3.19. The van der Waals surface area contributed by atoms with Crippen LogP contribution in [0.25, 0.3) is 11.2 Å². The topological polar surface area (TPSA) is 204 Å². The molecule has 2 aromatic heterocycles. The summed E-state index contributed by atoms with van der Waals surface area (Å²) in [5, 5.41) is 26.0. The molecule has 14 nitrogen and oxygen atoms in total. The number of anilines is 1. The first-order valence-electron chi connectivity index (χ1n) is 8.53. The van der Waals surface area contributed by atoms with Crippen LogP contribution in [0.4, 0.5) is 5.82 Å². The number of nitrogens with one attached hydrogen (secondary N) is 2. The molecule has 30 heavy (non-hydrogen) atoms. The predicted octanol–water partition coefficient (Wildman–Crippen LogP) is -5.53. The minimum atomic E-state index is -5.01. The number of phosphoric ester groups is 1. The summed E-state index contributed by atoms with van der Waals surface area (Å²) in [7, 11) is -5.01. The molecule has 1 aliphatic rings. The van der Waals surface area contributed by atoms with Crippen LogP contribution in [0.15, 0.2) is 12.7 Å². The number of hydrogen-bond donors (Lipinski definition) is 5. The van der Waals surface area contributed by atoms with Gasteiger partial charge in [0.1, 0.15) is 24.6 Å². The molecule has 0 radical (unpaired) electrons. The van der Waals surface area contributed by atoms with E-state index in [1.807, 2.05) is 0 Å². The second kappa shape index (κ2) is 10.4. The summed E-state index contributed by atoms with van der Waals surface area (Å²) in [6.45, 7) is 1.48.